The Hall–Kier alpha value is -2.49. The van der Waals surface area contributed by atoms with Crippen molar-refractivity contribution in [3.05, 3.63) is 54.1 Å². The number of ether oxygens (including phenoxy) is 1. The van der Waals surface area contributed by atoms with Crippen LogP contribution in [-0.2, 0) is 11.2 Å². The number of hydrogen-bond donors (Lipinski definition) is 1. The molecule has 0 spiro atoms. The number of amides is 1. The van der Waals surface area contributed by atoms with Crippen LogP contribution in [0.2, 0.25) is 0 Å². The molecule has 0 bridgehead atoms. The van der Waals surface area contributed by atoms with Gasteiger partial charge in [0.05, 0.1) is 18.7 Å². The molecule has 2 aromatic rings. The molecule has 20 heavy (non-hydrogen) atoms. The maximum absolute atomic E-state index is 12.5. The molecular formula is C16H16N2O2. The van der Waals surface area contributed by atoms with Gasteiger partial charge >= 0.3 is 0 Å². The van der Waals surface area contributed by atoms with Gasteiger partial charge in [-0.1, -0.05) is 30.3 Å². The van der Waals surface area contributed by atoms with Gasteiger partial charge in [-0.15, -0.1) is 0 Å². The lowest BCUT2D eigenvalue weighted by atomic mass is 10.1. The molecule has 2 aromatic carbocycles. The summed E-state index contributed by atoms with van der Waals surface area (Å²) in [7, 11) is 0. The highest BCUT2D eigenvalue weighted by atomic mass is 16.5. The third kappa shape index (κ3) is 2.45. The summed E-state index contributed by atoms with van der Waals surface area (Å²) in [5.41, 5.74) is 8.20. The van der Waals surface area contributed by atoms with E-state index in [0.717, 1.165) is 11.3 Å². The van der Waals surface area contributed by atoms with Gasteiger partial charge in [0.15, 0.2) is 0 Å². The Kier molecular flexibility index (Phi) is 3.29. The van der Waals surface area contributed by atoms with E-state index in [1.807, 2.05) is 36.4 Å². The van der Waals surface area contributed by atoms with Crippen molar-refractivity contribution < 1.29 is 9.53 Å². The number of benzene rings is 2. The van der Waals surface area contributed by atoms with Gasteiger partial charge in [-0.05, 0) is 23.8 Å². The largest absolute Gasteiger partial charge is 0.490 e. The van der Waals surface area contributed by atoms with Crippen LogP contribution in [0.25, 0.3) is 0 Å². The summed E-state index contributed by atoms with van der Waals surface area (Å²) >= 11 is 0. The molecule has 0 saturated heterocycles. The molecule has 1 heterocycles. The Labute approximate surface area is 117 Å². The number of hydrogen-bond acceptors (Lipinski definition) is 3. The Morgan fingerprint density at radius 2 is 2.00 bits per heavy atom. The van der Waals surface area contributed by atoms with Crippen LogP contribution >= 0.6 is 0 Å². The van der Waals surface area contributed by atoms with Crippen LogP contribution in [-0.4, -0.2) is 19.1 Å². The lowest BCUT2D eigenvalue weighted by molar-refractivity contribution is -0.118. The zero-order valence-corrected chi connectivity index (χ0v) is 11.1. The first kappa shape index (κ1) is 12.5. The van der Waals surface area contributed by atoms with Gasteiger partial charge in [0.25, 0.3) is 0 Å². The lowest BCUT2D eigenvalue weighted by Crippen LogP contribution is -2.38. The van der Waals surface area contributed by atoms with Crippen LogP contribution in [0.4, 0.5) is 11.4 Å². The predicted molar refractivity (Wildman–Crippen MR) is 78.8 cm³/mol. The van der Waals surface area contributed by atoms with E-state index in [-0.39, 0.29) is 5.91 Å². The maximum atomic E-state index is 12.5. The molecule has 1 aliphatic rings. The average Bonchev–Trinajstić information content (AvgIpc) is 2.47. The summed E-state index contributed by atoms with van der Waals surface area (Å²) in [5.74, 6) is 0.776. The number of nitrogens with zero attached hydrogens (tertiary/aromatic N) is 1. The zero-order chi connectivity index (χ0) is 13.9. The molecule has 0 aromatic heterocycles. The number of fused-ring (bicyclic) bond motifs is 1. The van der Waals surface area contributed by atoms with Crippen molar-refractivity contribution in [1.82, 2.24) is 0 Å². The zero-order valence-electron chi connectivity index (χ0n) is 11.1. The summed E-state index contributed by atoms with van der Waals surface area (Å²) in [6.07, 6.45) is 0.384. The van der Waals surface area contributed by atoms with Crippen LogP contribution in [0.3, 0.4) is 0 Å². The smallest absolute Gasteiger partial charge is 0.231 e. The Balaban J connectivity index is 1.85. The van der Waals surface area contributed by atoms with Gasteiger partial charge in [-0.3, -0.25) is 4.79 Å². The topological polar surface area (TPSA) is 55.6 Å². The molecular weight excluding hydrogens is 252 g/mol. The van der Waals surface area contributed by atoms with Crippen molar-refractivity contribution in [3.8, 4) is 5.75 Å². The summed E-state index contributed by atoms with van der Waals surface area (Å²) in [5, 5.41) is 0. The number of carbonyl (C=O) groups excluding carboxylic acids is 1. The highest BCUT2D eigenvalue weighted by molar-refractivity contribution is 5.97. The number of nitrogens with two attached hydrogens (primary N) is 1. The van der Waals surface area contributed by atoms with Gasteiger partial charge in [0, 0.05) is 5.69 Å². The van der Waals surface area contributed by atoms with Crippen molar-refractivity contribution in [2.45, 2.75) is 6.42 Å². The van der Waals surface area contributed by atoms with E-state index in [1.54, 1.807) is 17.0 Å². The normalized spacial score (nSPS) is 13.5. The van der Waals surface area contributed by atoms with Crippen molar-refractivity contribution in [2.24, 2.45) is 0 Å². The minimum atomic E-state index is 0.0614. The number of anilines is 2. The third-order valence-corrected chi connectivity index (χ3v) is 3.35. The maximum Gasteiger partial charge on any atom is 0.231 e. The standard InChI is InChI=1S/C16H16N2O2/c17-13-6-7-15-14(11-13)18(8-9-20-15)16(19)10-12-4-2-1-3-5-12/h1-7,11H,8-10,17H2. The van der Waals surface area contributed by atoms with Gasteiger partial charge in [-0.25, -0.2) is 0 Å². The molecule has 0 radical (unpaired) electrons. The second-order valence-corrected chi connectivity index (χ2v) is 4.78. The van der Waals surface area contributed by atoms with Gasteiger partial charge in [-0.2, -0.15) is 0 Å². The average molecular weight is 268 g/mol. The minimum absolute atomic E-state index is 0.0614. The fourth-order valence-corrected chi connectivity index (χ4v) is 2.36. The molecule has 102 valence electrons. The Bertz CT molecular complexity index is 626. The third-order valence-electron chi connectivity index (χ3n) is 3.35. The lowest BCUT2D eigenvalue weighted by Gasteiger charge is -2.29. The summed E-state index contributed by atoms with van der Waals surface area (Å²) < 4.78 is 5.56. The summed E-state index contributed by atoms with van der Waals surface area (Å²) in [6, 6.07) is 15.1. The molecule has 4 heteroatoms. The minimum Gasteiger partial charge on any atom is -0.490 e. The number of nitrogen functional groups attached to an aromatic ring is 1. The van der Waals surface area contributed by atoms with Crippen molar-refractivity contribution >= 4 is 17.3 Å². The molecule has 0 aliphatic carbocycles. The van der Waals surface area contributed by atoms with E-state index in [1.165, 1.54) is 0 Å². The van der Waals surface area contributed by atoms with Crippen molar-refractivity contribution in [2.75, 3.05) is 23.8 Å². The first-order valence-corrected chi connectivity index (χ1v) is 6.60. The number of carbonyl (C=O) groups is 1. The highest BCUT2D eigenvalue weighted by Crippen LogP contribution is 2.33. The van der Waals surface area contributed by atoms with E-state index >= 15 is 0 Å². The quantitative estimate of drug-likeness (QED) is 0.850. The molecule has 3 rings (SSSR count). The van der Waals surface area contributed by atoms with Gasteiger partial charge in [0.1, 0.15) is 12.4 Å². The molecule has 1 aliphatic heterocycles. The number of rotatable bonds is 2. The second kappa shape index (κ2) is 5.25. The van der Waals surface area contributed by atoms with Gasteiger partial charge in [0.2, 0.25) is 5.91 Å². The van der Waals surface area contributed by atoms with Crippen molar-refractivity contribution in [3.63, 3.8) is 0 Å². The molecule has 0 unspecified atom stereocenters. The van der Waals surface area contributed by atoms with Crippen LogP contribution in [0.5, 0.6) is 5.75 Å². The molecule has 2 N–H and O–H groups in total. The highest BCUT2D eigenvalue weighted by Gasteiger charge is 2.23. The fraction of sp³-hybridized carbons (Fsp3) is 0.188. The van der Waals surface area contributed by atoms with Crippen LogP contribution in [0, 0.1) is 0 Å². The second-order valence-electron chi connectivity index (χ2n) is 4.78. The first-order chi connectivity index (χ1) is 9.74. The molecule has 0 fully saturated rings. The first-order valence-electron chi connectivity index (χ1n) is 6.60. The summed E-state index contributed by atoms with van der Waals surface area (Å²) in [4.78, 5) is 14.2. The SMILES string of the molecule is Nc1ccc2c(c1)N(C(=O)Cc1ccccc1)CCO2. The van der Waals surface area contributed by atoms with E-state index in [2.05, 4.69) is 0 Å². The Morgan fingerprint density at radius 3 is 2.80 bits per heavy atom. The van der Waals surface area contributed by atoms with Crippen molar-refractivity contribution in [1.29, 1.82) is 0 Å². The summed E-state index contributed by atoms with van der Waals surface area (Å²) in [6.45, 7) is 1.07. The van der Waals surface area contributed by atoms with E-state index in [0.29, 0.717) is 31.0 Å². The molecule has 1 amide bonds. The van der Waals surface area contributed by atoms with Crippen LogP contribution in [0.15, 0.2) is 48.5 Å². The van der Waals surface area contributed by atoms with E-state index < -0.39 is 0 Å². The molecule has 0 saturated carbocycles. The van der Waals surface area contributed by atoms with E-state index in [9.17, 15) is 4.79 Å². The Morgan fingerprint density at radius 1 is 1.20 bits per heavy atom. The van der Waals surface area contributed by atoms with Gasteiger partial charge < -0.3 is 15.4 Å². The predicted octanol–water partition coefficient (Wildman–Crippen LogP) is 2.24. The van der Waals surface area contributed by atoms with E-state index in [4.69, 9.17) is 10.5 Å². The van der Waals surface area contributed by atoms with Crippen LogP contribution < -0.4 is 15.4 Å². The molecule has 0 atom stereocenters. The van der Waals surface area contributed by atoms with Crippen LogP contribution in [0.1, 0.15) is 5.56 Å². The monoisotopic (exact) mass is 268 g/mol. The fourth-order valence-electron chi connectivity index (χ4n) is 2.36. The molecule has 4 nitrogen and oxygen atoms in total.